The van der Waals surface area contributed by atoms with Gasteiger partial charge < -0.3 is 10.1 Å². The molecule has 0 aliphatic carbocycles. The predicted molar refractivity (Wildman–Crippen MR) is 120 cm³/mol. The van der Waals surface area contributed by atoms with Crippen molar-refractivity contribution in [1.29, 1.82) is 0 Å². The predicted octanol–water partition coefficient (Wildman–Crippen LogP) is 3.27. The van der Waals surface area contributed by atoms with Crippen molar-refractivity contribution in [3.63, 3.8) is 0 Å². The molecule has 0 fully saturated rings. The Hall–Kier alpha value is -3.72. The molecule has 0 aliphatic heterocycles. The molecule has 3 rings (SSSR count). The number of aromatic amines is 1. The summed E-state index contributed by atoms with van der Waals surface area (Å²) in [6.07, 6.45) is 1.46. The molecule has 0 radical (unpaired) electrons. The zero-order valence-corrected chi connectivity index (χ0v) is 17.8. The van der Waals surface area contributed by atoms with Crippen LogP contribution in [0.2, 0.25) is 0 Å². The van der Waals surface area contributed by atoms with Crippen LogP contribution in [0.15, 0.2) is 58.3 Å². The van der Waals surface area contributed by atoms with Gasteiger partial charge in [-0.05, 0) is 41.8 Å². The summed E-state index contributed by atoms with van der Waals surface area (Å²) in [4.78, 5) is 26.1. The maximum Gasteiger partial charge on any atom is 0.332 e. The fourth-order valence-electron chi connectivity index (χ4n) is 3.10. The first-order chi connectivity index (χ1) is 14.2. The van der Waals surface area contributed by atoms with Gasteiger partial charge in [-0.2, -0.15) is 0 Å². The van der Waals surface area contributed by atoms with Crippen molar-refractivity contribution >= 4 is 5.69 Å². The van der Waals surface area contributed by atoms with E-state index in [1.54, 1.807) is 13.2 Å². The summed E-state index contributed by atoms with van der Waals surface area (Å²) in [5.41, 5.74) is 2.85. The van der Waals surface area contributed by atoms with Gasteiger partial charge in [0.15, 0.2) is 0 Å². The molecule has 0 unspecified atom stereocenters. The van der Waals surface area contributed by atoms with E-state index in [4.69, 9.17) is 4.74 Å². The Morgan fingerprint density at radius 3 is 2.30 bits per heavy atom. The lowest BCUT2D eigenvalue weighted by Gasteiger charge is -2.24. The molecule has 3 aromatic rings. The first-order valence-electron chi connectivity index (χ1n) is 9.57. The van der Waals surface area contributed by atoms with E-state index < -0.39 is 11.2 Å². The summed E-state index contributed by atoms with van der Waals surface area (Å²) >= 11 is 0. The number of nitrogens with one attached hydrogen (secondary N) is 2. The molecule has 0 saturated carbocycles. The van der Waals surface area contributed by atoms with Crippen LogP contribution >= 0.6 is 0 Å². The summed E-state index contributed by atoms with van der Waals surface area (Å²) < 4.78 is 7.10. The highest BCUT2D eigenvalue weighted by Gasteiger charge is 2.22. The van der Waals surface area contributed by atoms with Gasteiger partial charge in [0.05, 0.1) is 18.4 Å². The summed E-state index contributed by atoms with van der Waals surface area (Å²) in [5.74, 6) is 7.02. The number of ether oxygens (including phenoxy) is 1. The number of aromatic nitrogens is 2. The van der Waals surface area contributed by atoms with Crippen molar-refractivity contribution in [3.05, 3.63) is 86.2 Å². The lowest BCUT2D eigenvalue weighted by Crippen LogP contribution is -2.28. The largest absolute Gasteiger partial charge is 0.495 e. The zero-order chi connectivity index (χ0) is 21.9. The maximum atomic E-state index is 12.3. The SMILES string of the molecule is CNc1ccc(C#Cc2cc(-n3ccc(=O)[nH]c3=O)cc(C(C)(C)C)c2OC)cc1. The van der Waals surface area contributed by atoms with Crippen molar-refractivity contribution in [2.24, 2.45) is 0 Å². The van der Waals surface area contributed by atoms with E-state index in [0.29, 0.717) is 17.0 Å². The fraction of sp³-hybridized carbons (Fsp3) is 0.250. The van der Waals surface area contributed by atoms with Crippen molar-refractivity contribution in [2.75, 3.05) is 19.5 Å². The van der Waals surface area contributed by atoms with Crippen LogP contribution in [0.1, 0.15) is 37.5 Å². The van der Waals surface area contributed by atoms with Gasteiger partial charge in [0.25, 0.3) is 5.56 Å². The number of benzene rings is 2. The van der Waals surface area contributed by atoms with Crippen molar-refractivity contribution < 1.29 is 4.74 Å². The second kappa shape index (κ2) is 8.34. The second-order valence-corrected chi connectivity index (χ2v) is 7.88. The van der Waals surface area contributed by atoms with Crippen LogP contribution in [0, 0.1) is 11.8 Å². The Morgan fingerprint density at radius 1 is 1.03 bits per heavy atom. The van der Waals surface area contributed by atoms with Gasteiger partial charge in [0.1, 0.15) is 5.75 Å². The molecule has 0 saturated heterocycles. The first-order valence-corrected chi connectivity index (χ1v) is 9.57. The normalized spacial score (nSPS) is 10.8. The van der Waals surface area contributed by atoms with E-state index >= 15 is 0 Å². The Bertz CT molecular complexity index is 1230. The van der Waals surface area contributed by atoms with Crippen LogP contribution in [0.25, 0.3) is 5.69 Å². The molecule has 0 bridgehead atoms. The summed E-state index contributed by atoms with van der Waals surface area (Å²) in [7, 11) is 3.48. The topological polar surface area (TPSA) is 76.1 Å². The average molecular weight is 403 g/mol. The lowest BCUT2D eigenvalue weighted by atomic mass is 9.84. The molecule has 0 spiro atoms. The number of hydrogen-bond acceptors (Lipinski definition) is 4. The molecule has 1 heterocycles. The van der Waals surface area contributed by atoms with E-state index in [2.05, 4.69) is 42.9 Å². The highest BCUT2D eigenvalue weighted by molar-refractivity contribution is 5.60. The first kappa shape index (κ1) is 21.0. The second-order valence-electron chi connectivity index (χ2n) is 7.88. The van der Waals surface area contributed by atoms with Crippen molar-refractivity contribution in [2.45, 2.75) is 26.2 Å². The number of nitrogens with zero attached hydrogens (tertiary/aromatic N) is 1. The quantitative estimate of drug-likeness (QED) is 0.658. The van der Waals surface area contributed by atoms with E-state index in [9.17, 15) is 9.59 Å². The minimum absolute atomic E-state index is 0.252. The van der Waals surface area contributed by atoms with E-state index in [1.165, 1.54) is 16.8 Å². The summed E-state index contributed by atoms with van der Waals surface area (Å²) in [6, 6.07) is 12.8. The van der Waals surface area contributed by atoms with Crippen LogP contribution in [-0.4, -0.2) is 23.7 Å². The van der Waals surface area contributed by atoms with E-state index in [1.807, 2.05) is 37.4 Å². The molecule has 6 heteroatoms. The van der Waals surface area contributed by atoms with Crippen molar-refractivity contribution in [3.8, 4) is 23.3 Å². The molecule has 0 amide bonds. The van der Waals surface area contributed by atoms with Gasteiger partial charge in [0.2, 0.25) is 0 Å². The number of hydrogen-bond donors (Lipinski definition) is 2. The monoisotopic (exact) mass is 403 g/mol. The molecule has 30 heavy (non-hydrogen) atoms. The highest BCUT2D eigenvalue weighted by atomic mass is 16.5. The fourth-order valence-corrected chi connectivity index (χ4v) is 3.10. The van der Waals surface area contributed by atoms with Crippen molar-refractivity contribution in [1.82, 2.24) is 9.55 Å². The third kappa shape index (κ3) is 4.47. The van der Waals surface area contributed by atoms with E-state index in [-0.39, 0.29) is 5.41 Å². The lowest BCUT2D eigenvalue weighted by molar-refractivity contribution is 0.396. The molecule has 1 aromatic heterocycles. The zero-order valence-electron chi connectivity index (χ0n) is 17.8. The summed E-state index contributed by atoms with van der Waals surface area (Å²) in [5, 5.41) is 3.08. The highest BCUT2D eigenvalue weighted by Crippen LogP contribution is 2.35. The van der Waals surface area contributed by atoms with Gasteiger partial charge >= 0.3 is 5.69 Å². The molecular weight excluding hydrogens is 378 g/mol. The molecule has 154 valence electrons. The molecular formula is C24H25N3O3. The van der Waals surface area contributed by atoms with Crippen LogP contribution in [-0.2, 0) is 5.41 Å². The molecule has 6 nitrogen and oxygen atoms in total. The smallest absolute Gasteiger partial charge is 0.332 e. The van der Waals surface area contributed by atoms with Gasteiger partial charge in [0, 0.05) is 36.1 Å². The Balaban J connectivity index is 2.21. The number of H-pyrrole nitrogens is 1. The van der Waals surface area contributed by atoms with Gasteiger partial charge in [-0.25, -0.2) is 4.79 Å². The molecule has 0 aliphatic rings. The van der Waals surface area contributed by atoms with Crippen LogP contribution < -0.4 is 21.3 Å². The molecule has 0 atom stereocenters. The number of anilines is 1. The van der Waals surface area contributed by atoms with E-state index in [0.717, 1.165) is 16.8 Å². The Labute approximate surface area is 175 Å². The third-order valence-electron chi connectivity index (χ3n) is 4.70. The number of methoxy groups -OCH3 is 1. The third-order valence-corrected chi connectivity index (χ3v) is 4.70. The van der Waals surface area contributed by atoms with Crippen LogP contribution in [0.5, 0.6) is 5.75 Å². The molecule has 2 N–H and O–H groups in total. The van der Waals surface area contributed by atoms with Gasteiger partial charge in [-0.3, -0.25) is 14.3 Å². The number of rotatable bonds is 3. The van der Waals surface area contributed by atoms with Gasteiger partial charge in [-0.1, -0.05) is 32.6 Å². The summed E-state index contributed by atoms with van der Waals surface area (Å²) in [6.45, 7) is 6.20. The minimum Gasteiger partial charge on any atom is -0.495 e. The Kier molecular flexibility index (Phi) is 5.84. The standard InChI is InChI=1S/C24H25N3O3/c1-24(2,3)20-15-19(27-13-12-21(28)26-23(27)29)14-17(22(20)30-5)9-6-16-7-10-18(25-4)11-8-16/h7-8,10-15,25H,1-5H3,(H,26,28,29). The molecule has 2 aromatic carbocycles. The van der Waals surface area contributed by atoms with Gasteiger partial charge in [-0.15, -0.1) is 0 Å². The van der Waals surface area contributed by atoms with Crippen LogP contribution in [0.3, 0.4) is 0 Å². The Morgan fingerprint density at radius 2 is 1.73 bits per heavy atom. The van der Waals surface area contributed by atoms with Crippen LogP contribution in [0.4, 0.5) is 5.69 Å². The average Bonchev–Trinajstić information content (AvgIpc) is 2.71. The maximum absolute atomic E-state index is 12.3. The minimum atomic E-state index is -0.505.